The fourth-order valence-corrected chi connectivity index (χ4v) is 2.02. The summed E-state index contributed by atoms with van der Waals surface area (Å²) in [5, 5.41) is 0.759. The van der Waals surface area contributed by atoms with Gasteiger partial charge in [0.1, 0.15) is 10.8 Å². The number of rotatable bonds is 3. The van der Waals surface area contributed by atoms with Crippen molar-refractivity contribution in [3.63, 3.8) is 0 Å². The predicted molar refractivity (Wildman–Crippen MR) is 80.5 cm³/mol. The van der Waals surface area contributed by atoms with Gasteiger partial charge in [-0.15, -0.1) is 0 Å². The maximum absolute atomic E-state index is 6.03. The maximum Gasteiger partial charge on any atom is 0.239 e. The first-order valence-corrected chi connectivity index (χ1v) is 6.66. The number of para-hydroxylation sites is 1. The molecule has 0 saturated carbocycles. The average Bonchev–Trinajstić information content (AvgIpc) is 2.38. The van der Waals surface area contributed by atoms with Crippen LogP contribution in [0.1, 0.15) is 12.5 Å². The van der Waals surface area contributed by atoms with Gasteiger partial charge in [0.15, 0.2) is 5.15 Å². The quantitative estimate of drug-likeness (QED) is 0.661. The Balaban J connectivity index is 2.39. The van der Waals surface area contributed by atoms with E-state index in [0.717, 1.165) is 5.56 Å². The van der Waals surface area contributed by atoms with E-state index in [-0.39, 0.29) is 11.0 Å². The van der Waals surface area contributed by atoms with E-state index in [1.54, 1.807) is 0 Å². The Morgan fingerprint density at radius 2 is 1.84 bits per heavy atom. The monoisotopic (exact) mass is 313 g/mol. The summed E-state index contributed by atoms with van der Waals surface area (Å²) in [5.41, 5.74) is 0.925. The van der Waals surface area contributed by atoms with Crippen molar-refractivity contribution in [3.05, 3.63) is 57.2 Å². The highest BCUT2D eigenvalue weighted by atomic mass is 35.5. The van der Waals surface area contributed by atoms with Crippen LogP contribution in [0.5, 0.6) is 11.6 Å². The summed E-state index contributed by atoms with van der Waals surface area (Å²) in [6.07, 6.45) is 3.85. The zero-order valence-electron chi connectivity index (χ0n) is 10.0. The van der Waals surface area contributed by atoms with Crippen LogP contribution in [-0.4, -0.2) is 4.98 Å². The highest BCUT2D eigenvalue weighted by molar-refractivity contribution is 6.42. The lowest BCUT2D eigenvalue weighted by atomic mass is 10.2. The summed E-state index contributed by atoms with van der Waals surface area (Å²) in [6, 6.07) is 9.06. The van der Waals surface area contributed by atoms with Gasteiger partial charge in [0.25, 0.3) is 0 Å². The zero-order chi connectivity index (χ0) is 13.8. The lowest BCUT2D eigenvalue weighted by Gasteiger charge is -2.10. The smallest absolute Gasteiger partial charge is 0.239 e. The van der Waals surface area contributed by atoms with E-state index in [9.17, 15) is 0 Å². The van der Waals surface area contributed by atoms with Crippen LogP contribution in [0.3, 0.4) is 0 Å². The molecular weight excluding hydrogens is 305 g/mol. The fourth-order valence-electron chi connectivity index (χ4n) is 1.49. The minimum atomic E-state index is 0.157. The Hall–Kier alpha value is -1.22. The second-order valence-electron chi connectivity index (χ2n) is 3.69. The van der Waals surface area contributed by atoms with Gasteiger partial charge < -0.3 is 4.74 Å². The van der Waals surface area contributed by atoms with Gasteiger partial charge in [-0.05, 0) is 19.1 Å². The van der Waals surface area contributed by atoms with Crippen LogP contribution in [-0.2, 0) is 0 Å². The number of allylic oxidation sites excluding steroid dienone is 1. The molecule has 1 aromatic heterocycles. The molecule has 0 saturated heterocycles. The molecule has 0 aliphatic heterocycles. The van der Waals surface area contributed by atoms with Crippen LogP contribution in [0.4, 0.5) is 0 Å². The molecule has 0 spiro atoms. The van der Waals surface area contributed by atoms with Crippen LogP contribution in [0.2, 0.25) is 15.2 Å². The van der Waals surface area contributed by atoms with Crippen molar-refractivity contribution in [1.29, 1.82) is 0 Å². The Labute approximate surface area is 126 Å². The lowest BCUT2D eigenvalue weighted by molar-refractivity contribution is 0.462. The van der Waals surface area contributed by atoms with E-state index in [1.165, 1.54) is 6.07 Å². The lowest BCUT2D eigenvalue weighted by Crippen LogP contribution is -1.92. The minimum Gasteiger partial charge on any atom is -0.437 e. The highest BCUT2D eigenvalue weighted by Gasteiger charge is 2.11. The SMILES string of the molecule is C/C=C/c1ccccc1Oc1nc(Cl)c(Cl)cc1Cl. The van der Waals surface area contributed by atoms with Crippen molar-refractivity contribution in [2.45, 2.75) is 6.92 Å². The first-order chi connectivity index (χ1) is 9.11. The van der Waals surface area contributed by atoms with Crippen molar-refractivity contribution in [3.8, 4) is 11.6 Å². The van der Waals surface area contributed by atoms with Crippen molar-refractivity contribution in [1.82, 2.24) is 4.98 Å². The molecule has 0 unspecified atom stereocenters. The normalized spacial score (nSPS) is 10.9. The van der Waals surface area contributed by atoms with Gasteiger partial charge in [-0.25, -0.2) is 0 Å². The van der Waals surface area contributed by atoms with Crippen molar-refractivity contribution >= 4 is 40.9 Å². The number of ether oxygens (including phenoxy) is 1. The van der Waals surface area contributed by atoms with Gasteiger partial charge in [-0.1, -0.05) is 65.2 Å². The molecule has 0 fully saturated rings. The number of nitrogens with zero attached hydrogens (tertiary/aromatic N) is 1. The van der Waals surface area contributed by atoms with Gasteiger partial charge in [0.05, 0.1) is 5.02 Å². The number of aromatic nitrogens is 1. The van der Waals surface area contributed by atoms with Crippen LogP contribution in [0.15, 0.2) is 36.4 Å². The number of hydrogen-bond acceptors (Lipinski definition) is 2. The number of benzene rings is 1. The zero-order valence-corrected chi connectivity index (χ0v) is 12.3. The third-order valence-electron chi connectivity index (χ3n) is 2.33. The molecule has 0 radical (unpaired) electrons. The largest absolute Gasteiger partial charge is 0.437 e. The Morgan fingerprint density at radius 3 is 2.58 bits per heavy atom. The molecule has 1 aromatic carbocycles. The second kappa shape index (κ2) is 6.29. The van der Waals surface area contributed by atoms with Gasteiger partial charge in [0, 0.05) is 5.56 Å². The molecule has 0 amide bonds. The van der Waals surface area contributed by atoms with Gasteiger partial charge >= 0.3 is 0 Å². The standard InChI is InChI=1S/C14H10Cl3NO/c1-2-5-9-6-3-4-7-12(9)19-14-11(16)8-10(15)13(17)18-14/h2-8H,1H3/b5-2+. The third-order valence-corrected chi connectivity index (χ3v) is 3.27. The third kappa shape index (κ3) is 3.41. The van der Waals surface area contributed by atoms with Crippen LogP contribution in [0, 0.1) is 0 Å². The molecule has 19 heavy (non-hydrogen) atoms. The van der Waals surface area contributed by atoms with Crippen molar-refractivity contribution in [2.75, 3.05) is 0 Å². The van der Waals surface area contributed by atoms with Crippen LogP contribution >= 0.6 is 34.8 Å². The van der Waals surface area contributed by atoms with Gasteiger partial charge in [-0.2, -0.15) is 4.98 Å². The molecule has 0 bridgehead atoms. The van der Waals surface area contributed by atoms with E-state index in [1.807, 2.05) is 43.3 Å². The van der Waals surface area contributed by atoms with Gasteiger partial charge in [0.2, 0.25) is 5.88 Å². The molecule has 0 aliphatic carbocycles. The average molecular weight is 315 g/mol. The van der Waals surface area contributed by atoms with E-state index in [0.29, 0.717) is 15.8 Å². The summed E-state index contributed by atoms with van der Waals surface area (Å²) in [7, 11) is 0. The first-order valence-electron chi connectivity index (χ1n) is 5.53. The van der Waals surface area contributed by atoms with Gasteiger partial charge in [-0.3, -0.25) is 0 Å². The Kier molecular flexibility index (Phi) is 4.70. The van der Waals surface area contributed by atoms with Crippen molar-refractivity contribution in [2.24, 2.45) is 0 Å². The molecule has 1 heterocycles. The van der Waals surface area contributed by atoms with E-state index >= 15 is 0 Å². The maximum atomic E-state index is 6.03. The van der Waals surface area contributed by atoms with E-state index in [4.69, 9.17) is 39.5 Å². The molecule has 0 atom stereocenters. The summed E-state index contributed by atoms with van der Waals surface area (Å²) in [6.45, 7) is 1.93. The number of halogens is 3. The fraction of sp³-hybridized carbons (Fsp3) is 0.0714. The Bertz CT molecular complexity index is 626. The number of hydrogen-bond donors (Lipinski definition) is 0. The molecule has 5 heteroatoms. The summed E-state index contributed by atoms with van der Waals surface area (Å²) in [5.74, 6) is 0.876. The highest BCUT2D eigenvalue weighted by Crippen LogP contribution is 2.34. The van der Waals surface area contributed by atoms with Crippen LogP contribution < -0.4 is 4.74 Å². The minimum absolute atomic E-state index is 0.157. The second-order valence-corrected chi connectivity index (χ2v) is 4.86. The van der Waals surface area contributed by atoms with Crippen LogP contribution in [0.25, 0.3) is 6.08 Å². The Morgan fingerprint density at radius 1 is 1.11 bits per heavy atom. The topological polar surface area (TPSA) is 22.1 Å². The molecule has 2 aromatic rings. The van der Waals surface area contributed by atoms with E-state index < -0.39 is 0 Å². The number of pyridine rings is 1. The van der Waals surface area contributed by atoms with E-state index in [2.05, 4.69) is 4.98 Å². The van der Waals surface area contributed by atoms with Crippen molar-refractivity contribution < 1.29 is 4.74 Å². The summed E-state index contributed by atoms with van der Waals surface area (Å²) < 4.78 is 5.69. The molecule has 98 valence electrons. The molecule has 0 aliphatic rings. The predicted octanol–water partition coefficient (Wildman–Crippen LogP) is 5.87. The first kappa shape index (κ1) is 14.2. The molecule has 0 N–H and O–H groups in total. The molecule has 2 nitrogen and oxygen atoms in total. The molecular formula is C14H10Cl3NO. The summed E-state index contributed by atoms with van der Waals surface area (Å²) >= 11 is 17.7. The summed E-state index contributed by atoms with van der Waals surface area (Å²) in [4.78, 5) is 4.02. The molecule has 2 rings (SSSR count).